The molecule has 2 fully saturated rings. The molecule has 41 heavy (non-hydrogen) atoms. The maximum absolute atomic E-state index is 14.5. The van der Waals surface area contributed by atoms with Crippen LogP contribution in [0, 0.1) is 11.8 Å². The van der Waals surface area contributed by atoms with Gasteiger partial charge in [-0.05, 0) is 67.7 Å². The van der Waals surface area contributed by atoms with Crippen LogP contribution in [0.5, 0.6) is 17.2 Å². The molecule has 5 aliphatic rings. The number of ether oxygens (including phenoxy) is 2. The monoisotopic (exact) mass is 562 g/mol. The lowest BCUT2D eigenvalue weighted by atomic mass is 9.51. The first-order chi connectivity index (χ1) is 19.1. The number of aromatic hydroxyl groups is 2. The number of carboxylic acids is 1. The Hall–Kier alpha value is -3.65. The van der Waals surface area contributed by atoms with E-state index in [9.17, 15) is 29.7 Å². The summed E-state index contributed by atoms with van der Waals surface area (Å²) in [6.07, 6.45) is 7.63. The SMILES string of the molecule is CC(C)=CCc1c(O)c(CC=C(C)C)c2c(c1O)C(=O)C1=C[C@H]3C[C@@H]4C(C)(C)O[C@@](C/C=C(\C)C(=O)O)(C3=O)[C@@]14O2. The molecule has 2 heterocycles. The molecule has 3 N–H and O–H groups in total. The van der Waals surface area contributed by atoms with Gasteiger partial charge >= 0.3 is 5.97 Å². The Balaban J connectivity index is 1.81. The number of phenolic OH excluding ortho intramolecular Hbond substituents is 2. The Morgan fingerprint density at radius 1 is 0.976 bits per heavy atom. The zero-order chi connectivity index (χ0) is 30.2. The second-order valence-electron chi connectivity index (χ2n) is 12.8. The predicted octanol–water partition coefficient (Wildman–Crippen LogP) is 5.54. The summed E-state index contributed by atoms with van der Waals surface area (Å²) in [7, 11) is 0. The number of rotatable bonds is 7. The van der Waals surface area contributed by atoms with E-state index in [0.717, 1.165) is 11.1 Å². The topological polar surface area (TPSA) is 130 Å². The molecular weight excluding hydrogens is 524 g/mol. The van der Waals surface area contributed by atoms with Crippen LogP contribution in [0.2, 0.25) is 0 Å². The zero-order valence-corrected chi connectivity index (χ0v) is 24.7. The molecular formula is C33H38O8. The van der Waals surface area contributed by atoms with Crippen molar-refractivity contribution in [3.8, 4) is 17.2 Å². The second kappa shape index (κ2) is 9.44. The number of hydrogen-bond acceptors (Lipinski definition) is 7. The van der Waals surface area contributed by atoms with Crippen LogP contribution in [0.25, 0.3) is 0 Å². The third kappa shape index (κ3) is 3.94. The van der Waals surface area contributed by atoms with Gasteiger partial charge in [0.05, 0.1) is 5.60 Å². The van der Waals surface area contributed by atoms with E-state index >= 15 is 0 Å². The number of aliphatic carboxylic acids is 1. The van der Waals surface area contributed by atoms with Crippen LogP contribution < -0.4 is 4.74 Å². The molecule has 1 aromatic carbocycles. The van der Waals surface area contributed by atoms with Crippen molar-refractivity contribution in [1.29, 1.82) is 0 Å². The van der Waals surface area contributed by atoms with Gasteiger partial charge < -0.3 is 24.8 Å². The molecule has 0 amide bonds. The van der Waals surface area contributed by atoms with E-state index in [4.69, 9.17) is 9.47 Å². The number of hydrogen-bond donors (Lipinski definition) is 3. The van der Waals surface area contributed by atoms with Crippen molar-refractivity contribution in [3.63, 3.8) is 0 Å². The number of Topliss-reactive ketones (excluding diaryl/α,β-unsaturated/α-hetero) is 2. The van der Waals surface area contributed by atoms with Crippen LogP contribution in [0.3, 0.4) is 0 Å². The minimum atomic E-state index is -1.65. The Labute approximate surface area is 240 Å². The van der Waals surface area contributed by atoms with E-state index < -0.39 is 40.4 Å². The summed E-state index contributed by atoms with van der Waals surface area (Å²) in [6.45, 7) is 12.8. The molecule has 1 saturated heterocycles. The van der Waals surface area contributed by atoms with Crippen molar-refractivity contribution in [1.82, 2.24) is 0 Å². The summed E-state index contributed by atoms with van der Waals surface area (Å²) in [4.78, 5) is 40.2. The number of fused-ring (bicyclic) bond motifs is 1. The Morgan fingerprint density at radius 2 is 1.59 bits per heavy atom. The average Bonchev–Trinajstić information content (AvgIpc) is 3.03. The summed E-state index contributed by atoms with van der Waals surface area (Å²) in [5, 5.41) is 32.5. The van der Waals surface area contributed by atoms with Crippen molar-refractivity contribution in [2.24, 2.45) is 11.8 Å². The second-order valence-corrected chi connectivity index (χ2v) is 12.8. The molecule has 1 spiro atoms. The quantitative estimate of drug-likeness (QED) is 0.292. The highest BCUT2D eigenvalue weighted by molar-refractivity contribution is 6.18. The van der Waals surface area contributed by atoms with Gasteiger partial charge in [0.15, 0.2) is 22.8 Å². The van der Waals surface area contributed by atoms with Gasteiger partial charge in [-0.15, -0.1) is 0 Å². The van der Waals surface area contributed by atoms with Gasteiger partial charge in [-0.3, -0.25) is 9.59 Å². The standard InChI is InChI=1S/C33H38O8/c1-16(2)8-10-20-25(34)21(11-9-17(3)4)28-24(26(20)35)27(36)22-14-19-15-23-31(6,7)41-32(29(19)37,33(22,23)40-28)13-12-18(5)30(38)39/h8-9,12,14,19,23,34-35H,10-11,13,15H2,1-7H3,(H,38,39)/b18-12+/t19-,23+,32-,33+/m0/s1. The Bertz CT molecular complexity index is 1510. The fraction of sp³-hybridized carbons (Fsp3) is 0.485. The zero-order valence-electron chi connectivity index (χ0n) is 24.7. The van der Waals surface area contributed by atoms with Gasteiger partial charge in [0.25, 0.3) is 0 Å². The van der Waals surface area contributed by atoms with Gasteiger partial charge in [0.2, 0.25) is 0 Å². The first-order valence-corrected chi connectivity index (χ1v) is 14.1. The molecule has 1 aromatic rings. The van der Waals surface area contributed by atoms with Crippen LogP contribution in [-0.2, 0) is 27.2 Å². The highest BCUT2D eigenvalue weighted by Gasteiger charge is 2.81. The molecule has 8 heteroatoms. The van der Waals surface area contributed by atoms with Crippen LogP contribution in [0.1, 0.15) is 82.8 Å². The third-order valence-corrected chi connectivity index (χ3v) is 9.15. The van der Waals surface area contributed by atoms with Crippen LogP contribution in [0.4, 0.5) is 0 Å². The highest BCUT2D eigenvalue weighted by atomic mass is 16.6. The van der Waals surface area contributed by atoms with E-state index in [1.54, 1.807) is 6.08 Å². The number of carbonyl (C=O) groups excluding carboxylic acids is 2. The average molecular weight is 563 g/mol. The van der Waals surface area contributed by atoms with Crippen LogP contribution in [0.15, 0.2) is 46.6 Å². The lowest BCUT2D eigenvalue weighted by molar-refractivity contribution is -0.171. The summed E-state index contributed by atoms with van der Waals surface area (Å²) in [5.74, 6) is -3.32. The van der Waals surface area contributed by atoms with Crippen LogP contribution in [-0.4, -0.2) is 49.7 Å². The first kappa shape index (κ1) is 28.9. The predicted molar refractivity (Wildman–Crippen MR) is 152 cm³/mol. The van der Waals surface area contributed by atoms with E-state index in [-0.39, 0.29) is 64.6 Å². The normalized spacial score (nSPS) is 28.9. The fourth-order valence-electron chi connectivity index (χ4n) is 7.14. The Morgan fingerprint density at radius 3 is 2.17 bits per heavy atom. The summed E-state index contributed by atoms with van der Waals surface area (Å²) < 4.78 is 13.5. The van der Waals surface area contributed by atoms with Crippen molar-refractivity contribution >= 4 is 17.5 Å². The summed E-state index contributed by atoms with van der Waals surface area (Å²) in [5.41, 5.74) is -1.27. The van der Waals surface area contributed by atoms with E-state index in [0.29, 0.717) is 12.0 Å². The Kier molecular flexibility index (Phi) is 6.65. The summed E-state index contributed by atoms with van der Waals surface area (Å²) in [6, 6.07) is 0. The van der Waals surface area contributed by atoms with E-state index in [1.807, 2.05) is 53.7 Å². The maximum atomic E-state index is 14.5. The van der Waals surface area contributed by atoms with Crippen molar-refractivity contribution in [2.45, 2.75) is 91.0 Å². The molecule has 218 valence electrons. The molecule has 3 aliphatic carbocycles. The van der Waals surface area contributed by atoms with Gasteiger partial charge in [-0.1, -0.05) is 35.5 Å². The van der Waals surface area contributed by atoms with Crippen LogP contribution >= 0.6 is 0 Å². The lowest BCUT2D eigenvalue weighted by Crippen LogP contribution is -2.72. The highest BCUT2D eigenvalue weighted by Crippen LogP contribution is 2.68. The van der Waals surface area contributed by atoms with Crippen molar-refractivity contribution in [2.75, 3.05) is 0 Å². The summed E-state index contributed by atoms with van der Waals surface area (Å²) >= 11 is 0. The van der Waals surface area contributed by atoms with Gasteiger partial charge in [0.1, 0.15) is 22.8 Å². The molecule has 4 atom stereocenters. The molecule has 1 saturated carbocycles. The number of benzene rings is 1. The number of carboxylic acid groups (broad SMARTS) is 1. The fourth-order valence-corrected chi connectivity index (χ4v) is 7.14. The van der Waals surface area contributed by atoms with Gasteiger partial charge in [-0.25, -0.2) is 4.79 Å². The minimum absolute atomic E-state index is 0.0291. The van der Waals surface area contributed by atoms with E-state index in [2.05, 4.69) is 0 Å². The van der Waals surface area contributed by atoms with Crippen molar-refractivity contribution < 1.29 is 39.2 Å². The molecule has 0 aromatic heterocycles. The van der Waals surface area contributed by atoms with E-state index in [1.165, 1.54) is 13.0 Å². The molecule has 4 bridgehead atoms. The number of ketones is 2. The van der Waals surface area contributed by atoms with Gasteiger partial charge in [0, 0.05) is 40.5 Å². The van der Waals surface area contributed by atoms with Gasteiger partial charge in [-0.2, -0.15) is 0 Å². The maximum Gasteiger partial charge on any atom is 0.330 e. The lowest BCUT2D eigenvalue weighted by Gasteiger charge is -2.56. The third-order valence-electron chi connectivity index (χ3n) is 9.15. The molecule has 6 rings (SSSR count). The first-order valence-electron chi connectivity index (χ1n) is 14.1. The molecule has 2 aliphatic heterocycles. The number of phenols is 2. The molecule has 8 nitrogen and oxygen atoms in total. The number of allylic oxidation sites excluding steroid dienone is 5. The largest absolute Gasteiger partial charge is 0.507 e. The minimum Gasteiger partial charge on any atom is -0.507 e. The molecule has 0 radical (unpaired) electrons. The smallest absolute Gasteiger partial charge is 0.330 e. The van der Waals surface area contributed by atoms with Crippen molar-refractivity contribution in [3.05, 3.63) is 63.3 Å². The molecule has 0 unspecified atom stereocenters. The number of carbonyl (C=O) groups is 3.